The summed E-state index contributed by atoms with van der Waals surface area (Å²) in [5.41, 5.74) is 5.32. The van der Waals surface area contributed by atoms with E-state index < -0.39 is 0 Å². The van der Waals surface area contributed by atoms with Gasteiger partial charge in [0.2, 0.25) is 0 Å². The summed E-state index contributed by atoms with van der Waals surface area (Å²) in [4.78, 5) is 6.75. The summed E-state index contributed by atoms with van der Waals surface area (Å²) < 4.78 is 2.21. The lowest BCUT2D eigenvalue weighted by atomic mass is 10.2. The number of hydrogen-bond donors (Lipinski definition) is 2. The molecule has 0 unspecified atom stereocenters. The van der Waals surface area contributed by atoms with Crippen LogP contribution in [0.5, 0.6) is 0 Å². The largest absolute Gasteiger partial charge is 0.388 e. The molecule has 0 radical (unpaired) electrons. The van der Waals surface area contributed by atoms with Crippen LogP contribution in [0.4, 0.5) is 0 Å². The van der Waals surface area contributed by atoms with Crippen molar-refractivity contribution in [1.29, 1.82) is 5.41 Å². The molecule has 1 aliphatic rings. The van der Waals surface area contributed by atoms with Crippen molar-refractivity contribution in [3.05, 3.63) is 18.2 Å². The zero-order valence-electron chi connectivity index (χ0n) is 9.52. The molecule has 0 aromatic carbocycles. The zero-order valence-corrected chi connectivity index (χ0v) is 9.52. The number of aromatic nitrogens is 2. The smallest absolute Gasteiger partial charge is 0.122 e. The molecule has 0 bridgehead atoms. The van der Waals surface area contributed by atoms with Crippen molar-refractivity contribution in [3.63, 3.8) is 0 Å². The van der Waals surface area contributed by atoms with Gasteiger partial charge in [0, 0.05) is 31.9 Å². The first-order valence-corrected chi connectivity index (χ1v) is 5.81. The second kappa shape index (κ2) is 5.12. The van der Waals surface area contributed by atoms with Crippen LogP contribution in [0.25, 0.3) is 0 Å². The third kappa shape index (κ3) is 2.82. The lowest BCUT2D eigenvalue weighted by Crippen LogP contribution is -2.34. The Labute approximate surface area is 95.8 Å². The fraction of sp³-hybridized carbons (Fsp3) is 0.636. The molecule has 0 spiro atoms. The van der Waals surface area contributed by atoms with Crippen LogP contribution in [0.15, 0.2) is 12.4 Å². The SMILES string of the molecule is N=C(N)CCCCN1CCn2ccnc2C1. The van der Waals surface area contributed by atoms with E-state index in [1.54, 1.807) is 0 Å². The molecule has 0 fully saturated rings. The molecule has 2 heterocycles. The van der Waals surface area contributed by atoms with Crippen molar-refractivity contribution in [2.45, 2.75) is 32.4 Å². The number of nitrogens with one attached hydrogen (secondary N) is 1. The zero-order chi connectivity index (χ0) is 11.4. The number of unbranched alkanes of at least 4 members (excludes halogenated alkanes) is 1. The van der Waals surface area contributed by atoms with Crippen LogP contribution in [0.2, 0.25) is 0 Å². The van der Waals surface area contributed by atoms with Gasteiger partial charge in [-0.2, -0.15) is 0 Å². The van der Waals surface area contributed by atoms with Crippen LogP contribution < -0.4 is 5.73 Å². The molecule has 3 N–H and O–H groups in total. The number of rotatable bonds is 5. The van der Waals surface area contributed by atoms with E-state index in [0.717, 1.165) is 51.3 Å². The monoisotopic (exact) mass is 221 g/mol. The Hall–Kier alpha value is -1.36. The molecule has 1 aliphatic heterocycles. The summed E-state index contributed by atoms with van der Waals surface area (Å²) in [6.07, 6.45) is 6.76. The maximum Gasteiger partial charge on any atom is 0.122 e. The summed E-state index contributed by atoms with van der Waals surface area (Å²) in [6.45, 7) is 4.18. The molecule has 0 amide bonds. The third-order valence-corrected chi connectivity index (χ3v) is 2.99. The van der Waals surface area contributed by atoms with E-state index >= 15 is 0 Å². The van der Waals surface area contributed by atoms with E-state index in [2.05, 4.69) is 14.5 Å². The molecule has 2 rings (SSSR count). The molecule has 0 aliphatic carbocycles. The first-order valence-electron chi connectivity index (χ1n) is 5.81. The third-order valence-electron chi connectivity index (χ3n) is 2.99. The molecule has 88 valence electrons. The molecule has 16 heavy (non-hydrogen) atoms. The van der Waals surface area contributed by atoms with Gasteiger partial charge in [0.05, 0.1) is 12.4 Å². The fourth-order valence-corrected chi connectivity index (χ4v) is 2.07. The average Bonchev–Trinajstić information content (AvgIpc) is 2.71. The summed E-state index contributed by atoms with van der Waals surface area (Å²) in [5.74, 6) is 1.46. The van der Waals surface area contributed by atoms with Gasteiger partial charge in [-0.15, -0.1) is 0 Å². The molecule has 1 aromatic rings. The van der Waals surface area contributed by atoms with Gasteiger partial charge >= 0.3 is 0 Å². The summed E-state index contributed by atoms with van der Waals surface area (Å²) in [5, 5.41) is 7.14. The van der Waals surface area contributed by atoms with Crippen molar-refractivity contribution < 1.29 is 0 Å². The quantitative estimate of drug-likeness (QED) is 0.439. The van der Waals surface area contributed by atoms with E-state index in [1.807, 2.05) is 12.4 Å². The molecular formula is C11H19N5. The summed E-state index contributed by atoms with van der Waals surface area (Å²) in [7, 11) is 0. The molecule has 0 saturated heterocycles. The van der Waals surface area contributed by atoms with E-state index in [1.165, 1.54) is 0 Å². The van der Waals surface area contributed by atoms with Gasteiger partial charge in [0.1, 0.15) is 5.82 Å². The van der Waals surface area contributed by atoms with Crippen molar-refractivity contribution in [2.24, 2.45) is 5.73 Å². The average molecular weight is 221 g/mol. The van der Waals surface area contributed by atoms with Crippen LogP contribution in [0.3, 0.4) is 0 Å². The number of nitrogens with two attached hydrogens (primary N) is 1. The Morgan fingerprint density at radius 2 is 2.31 bits per heavy atom. The Kier molecular flexibility index (Phi) is 3.56. The Balaban J connectivity index is 1.71. The maximum atomic E-state index is 7.14. The van der Waals surface area contributed by atoms with Gasteiger partial charge in [-0.25, -0.2) is 4.98 Å². The van der Waals surface area contributed by atoms with Crippen LogP contribution in [0, 0.1) is 5.41 Å². The van der Waals surface area contributed by atoms with Crippen molar-refractivity contribution >= 4 is 5.84 Å². The molecule has 0 atom stereocenters. The second-order valence-corrected chi connectivity index (χ2v) is 4.30. The minimum atomic E-state index is 0.300. The fourth-order valence-electron chi connectivity index (χ4n) is 2.07. The molecule has 0 saturated carbocycles. The predicted octanol–water partition coefficient (Wildman–Crippen LogP) is 0.805. The lowest BCUT2D eigenvalue weighted by molar-refractivity contribution is 0.213. The van der Waals surface area contributed by atoms with E-state index in [9.17, 15) is 0 Å². The maximum absolute atomic E-state index is 7.14. The van der Waals surface area contributed by atoms with Gasteiger partial charge in [-0.3, -0.25) is 10.3 Å². The van der Waals surface area contributed by atoms with E-state index in [-0.39, 0.29) is 0 Å². The van der Waals surface area contributed by atoms with Gasteiger partial charge in [-0.1, -0.05) is 0 Å². The van der Waals surface area contributed by atoms with Crippen LogP contribution >= 0.6 is 0 Å². The second-order valence-electron chi connectivity index (χ2n) is 4.30. The van der Waals surface area contributed by atoms with Gasteiger partial charge < -0.3 is 10.3 Å². The normalized spacial score (nSPS) is 16.0. The molecule has 1 aromatic heterocycles. The van der Waals surface area contributed by atoms with E-state index in [0.29, 0.717) is 5.84 Å². The van der Waals surface area contributed by atoms with Crippen molar-refractivity contribution in [2.75, 3.05) is 13.1 Å². The van der Waals surface area contributed by atoms with Crippen LogP contribution in [-0.4, -0.2) is 33.4 Å². The van der Waals surface area contributed by atoms with Gasteiger partial charge in [-0.05, 0) is 19.4 Å². The highest BCUT2D eigenvalue weighted by Crippen LogP contribution is 2.11. The number of imidazole rings is 1. The Morgan fingerprint density at radius 1 is 1.44 bits per heavy atom. The summed E-state index contributed by atoms with van der Waals surface area (Å²) >= 11 is 0. The van der Waals surface area contributed by atoms with Gasteiger partial charge in [0.25, 0.3) is 0 Å². The highest BCUT2D eigenvalue weighted by Gasteiger charge is 2.15. The highest BCUT2D eigenvalue weighted by atomic mass is 15.2. The first-order chi connectivity index (χ1) is 7.75. The van der Waals surface area contributed by atoms with Crippen LogP contribution in [0.1, 0.15) is 25.1 Å². The Bertz CT molecular complexity index is 357. The number of hydrogen-bond acceptors (Lipinski definition) is 3. The molecule has 5 nitrogen and oxygen atoms in total. The number of amidine groups is 1. The minimum absolute atomic E-state index is 0.300. The number of fused-ring (bicyclic) bond motifs is 1. The van der Waals surface area contributed by atoms with Crippen LogP contribution in [-0.2, 0) is 13.1 Å². The topological polar surface area (TPSA) is 70.9 Å². The highest BCUT2D eigenvalue weighted by molar-refractivity contribution is 5.76. The summed E-state index contributed by atoms with van der Waals surface area (Å²) in [6, 6.07) is 0. The van der Waals surface area contributed by atoms with Gasteiger partial charge in [0.15, 0.2) is 0 Å². The van der Waals surface area contributed by atoms with Crippen molar-refractivity contribution in [3.8, 4) is 0 Å². The number of nitrogens with zero attached hydrogens (tertiary/aromatic N) is 3. The predicted molar refractivity (Wildman–Crippen MR) is 63.3 cm³/mol. The van der Waals surface area contributed by atoms with E-state index in [4.69, 9.17) is 11.1 Å². The Morgan fingerprint density at radius 3 is 3.12 bits per heavy atom. The lowest BCUT2D eigenvalue weighted by Gasteiger charge is -2.27. The molecular weight excluding hydrogens is 202 g/mol. The van der Waals surface area contributed by atoms with Crippen molar-refractivity contribution in [1.82, 2.24) is 14.5 Å². The minimum Gasteiger partial charge on any atom is -0.388 e. The standard InChI is InChI=1S/C11H19N5/c12-10(13)3-1-2-5-15-7-8-16-6-4-14-11(16)9-15/h4,6H,1-3,5,7-9H2,(H3,12,13). The first kappa shape index (κ1) is 11.1. The molecule has 5 heteroatoms.